The van der Waals surface area contributed by atoms with Crippen LogP contribution in [0.4, 0.5) is 11.4 Å². The molecule has 27 heavy (non-hydrogen) atoms. The Hall–Kier alpha value is -2.08. The van der Waals surface area contributed by atoms with Crippen LogP contribution < -0.4 is 10.2 Å². The van der Waals surface area contributed by atoms with Crippen molar-refractivity contribution in [1.82, 2.24) is 4.90 Å². The second kappa shape index (κ2) is 8.30. The quantitative estimate of drug-likeness (QED) is 0.885. The van der Waals surface area contributed by atoms with E-state index < -0.39 is 0 Å². The minimum Gasteiger partial charge on any atom is -0.378 e. The topological polar surface area (TPSA) is 61.9 Å². The van der Waals surface area contributed by atoms with Gasteiger partial charge in [-0.3, -0.25) is 9.59 Å². The molecule has 0 spiro atoms. The predicted molar refractivity (Wildman–Crippen MR) is 107 cm³/mol. The maximum absolute atomic E-state index is 12.6. The maximum atomic E-state index is 12.6. The van der Waals surface area contributed by atoms with Crippen LogP contribution in [0.2, 0.25) is 0 Å². The van der Waals surface area contributed by atoms with Gasteiger partial charge in [0.05, 0.1) is 13.2 Å². The second-order valence-corrected chi connectivity index (χ2v) is 8.45. The standard InChI is InChI=1S/C21H31N3O3/c1-21(2,3)20(26)24-10-8-16(9-11-24)19(25)22-17-4-6-18(7-5-17)23-12-14-27-15-13-23/h4-7,16H,8-15H2,1-3H3,(H,22,25). The number of ether oxygens (including phenoxy) is 1. The summed E-state index contributed by atoms with van der Waals surface area (Å²) in [7, 11) is 0. The minimum absolute atomic E-state index is 0.0343. The van der Waals surface area contributed by atoms with Crippen LogP contribution in [0, 0.1) is 11.3 Å². The Morgan fingerprint density at radius 2 is 1.59 bits per heavy atom. The summed E-state index contributed by atoms with van der Waals surface area (Å²) in [5.41, 5.74) is 1.62. The van der Waals surface area contributed by atoms with Gasteiger partial charge in [0.15, 0.2) is 0 Å². The lowest BCUT2D eigenvalue weighted by Gasteiger charge is -2.35. The molecule has 2 aliphatic heterocycles. The molecule has 0 radical (unpaired) electrons. The molecule has 0 unspecified atom stereocenters. The molecule has 0 saturated carbocycles. The molecule has 2 heterocycles. The molecule has 0 aliphatic carbocycles. The minimum atomic E-state index is -0.364. The summed E-state index contributed by atoms with van der Waals surface area (Å²) in [6, 6.07) is 8.01. The molecule has 0 aromatic heterocycles. The summed E-state index contributed by atoms with van der Waals surface area (Å²) in [5.74, 6) is 0.185. The first-order valence-electron chi connectivity index (χ1n) is 9.87. The number of rotatable bonds is 3. The molecule has 2 fully saturated rings. The fourth-order valence-corrected chi connectivity index (χ4v) is 3.64. The molecule has 2 aliphatic rings. The number of likely N-dealkylation sites (tertiary alicyclic amines) is 1. The highest BCUT2D eigenvalue weighted by molar-refractivity contribution is 5.93. The Balaban J connectivity index is 1.50. The summed E-state index contributed by atoms with van der Waals surface area (Å²) < 4.78 is 5.38. The van der Waals surface area contributed by atoms with Crippen LogP contribution in [0.15, 0.2) is 24.3 Å². The third-order valence-corrected chi connectivity index (χ3v) is 5.31. The van der Waals surface area contributed by atoms with Gasteiger partial charge in [-0.25, -0.2) is 0 Å². The van der Waals surface area contributed by atoms with Crippen molar-refractivity contribution in [2.24, 2.45) is 11.3 Å². The maximum Gasteiger partial charge on any atom is 0.227 e. The number of nitrogens with zero attached hydrogens (tertiary/aromatic N) is 2. The molecule has 1 aromatic rings. The number of morpholine rings is 1. The van der Waals surface area contributed by atoms with E-state index >= 15 is 0 Å². The summed E-state index contributed by atoms with van der Waals surface area (Å²) in [6.07, 6.45) is 1.44. The van der Waals surface area contributed by atoms with Gasteiger partial charge in [-0.1, -0.05) is 20.8 Å². The van der Waals surface area contributed by atoms with Crippen molar-refractivity contribution in [3.05, 3.63) is 24.3 Å². The number of benzene rings is 1. The zero-order valence-corrected chi connectivity index (χ0v) is 16.7. The average Bonchev–Trinajstić information content (AvgIpc) is 2.68. The van der Waals surface area contributed by atoms with E-state index in [1.54, 1.807) is 0 Å². The van der Waals surface area contributed by atoms with E-state index in [0.29, 0.717) is 13.1 Å². The molecule has 2 saturated heterocycles. The van der Waals surface area contributed by atoms with Gasteiger partial charge >= 0.3 is 0 Å². The van der Waals surface area contributed by atoms with E-state index in [4.69, 9.17) is 4.74 Å². The van der Waals surface area contributed by atoms with Crippen molar-refractivity contribution in [2.75, 3.05) is 49.6 Å². The number of carbonyl (C=O) groups excluding carboxylic acids is 2. The third-order valence-electron chi connectivity index (χ3n) is 5.31. The van der Waals surface area contributed by atoms with Gasteiger partial charge in [-0.05, 0) is 37.1 Å². The number of piperidine rings is 1. The molecule has 0 bridgehead atoms. The molecule has 6 heteroatoms. The third kappa shape index (κ3) is 5.01. The Bertz CT molecular complexity index is 652. The van der Waals surface area contributed by atoms with Crippen LogP contribution in [-0.4, -0.2) is 56.1 Å². The van der Waals surface area contributed by atoms with Crippen LogP contribution in [0.3, 0.4) is 0 Å². The first-order chi connectivity index (χ1) is 12.8. The summed E-state index contributed by atoms with van der Waals surface area (Å²) in [5, 5.41) is 3.03. The highest BCUT2D eigenvalue weighted by atomic mass is 16.5. The number of anilines is 2. The first kappa shape index (κ1) is 19.7. The van der Waals surface area contributed by atoms with E-state index in [2.05, 4.69) is 10.2 Å². The molecular formula is C21H31N3O3. The van der Waals surface area contributed by atoms with Crippen molar-refractivity contribution in [3.63, 3.8) is 0 Å². The monoisotopic (exact) mass is 373 g/mol. The highest BCUT2D eigenvalue weighted by Crippen LogP contribution is 2.25. The molecule has 6 nitrogen and oxygen atoms in total. The van der Waals surface area contributed by atoms with Crippen LogP contribution >= 0.6 is 0 Å². The summed E-state index contributed by atoms with van der Waals surface area (Å²) >= 11 is 0. The van der Waals surface area contributed by atoms with Crippen molar-refractivity contribution in [3.8, 4) is 0 Å². The van der Waals surface area contributed by atoms with E-state index in [0.717, 1.165) is 50.5 Å². The number of hydrogen-bond acceptors (Lipinski definition) is 4. The zero-order chi connectivity index (χ0) is 19.4. The van der Waals surface area contributed by atoms with Crippen molar-refractivity contribution in [2.45, 2.75) is 33.6 Å². The van der Waals surface area contributed by atoms with Gasteiger partial charge in [-0.15, -0.1) is 0 Å². The predicted octanol–water partition coefficient (Wildman–Crippen LogP) is 2.75. The van der Waals surface area contributed by atoms with E-state index in [-0.39, 0.29) is 23.1 Å². The van der Waals surface area contributed by atoms with Gasteiger partial charge in [0.1, 0.15) is 0 Å². The Kier molecular flexibility index (Phi) is 6.05. The lowest BCUT2D eigenvalue weighted by molar-refractivity contribution is -0.142. The lowest BCUT2D eigenvalue weighted by Crippen LogP contribution is -2.45. The molecule has 148 valence electrons. The number of amides is 2. The fraction of sp³-hybridized carbons (Fsp3) is 0.619. The fourth-order valence-electron chi connectivity index (χ4n) is 3.64. The Labute approximate surface area is 161 Å². The van der Waals surface area contributed by atoms with Crippen molar-refractivity contribution in [1.29, 1.82) is 0 Å². The van der Waals surface area contributed by atoms with E-state index in [1.165, 1.54) is 0 Å². The van der Waals surface area contributed by atoms with Crippen molar-refractivity contribution < 1.29 is 14.3 Å². The van der Waals surface area contributed by atoms with Gasteiger partial charge in [0.25, 0.3) is 0 Å². The molecule has 2 amide bonds. The molecule has 1 aromatic carbocycles. The second-order valence-electron chi connectivity index (χ2n) is 8.45. The summed E-state index contributed by atoms with van der Waals surface area (Å²) in [6.45, 7) is 10.4. The first-order valence-corrected chi connectivity index (χ1v) is 9.87. The van der Waals surface area contributed by atoms with Gasteiger partial charge in [0, 0.05) is 48.9 Å². The lowest BCUT2D eigenvalue weighted by atomic mass is 9.90. The zero-order valence-electron chi connectivity index (χ0n) is 16.7. The molecule has 0 atom stereocenters. The number of carbonyl (C=O) groups is 2. The normalized spacial score (nSPS) is 19.1. The van der Waals surface area contributed by atoms with E-state index in [9.17, 15) is 9.59 Å². The molecule has 1 N–H and O–H groups in total. The number of nitrogens with one attached hydrogen (secondary N) is 1. The summed E-state index contributed by atoms with van der Waals surface area (Å²) in [4.78, 5) is 29.1. The largest absolute Gasteiger partial charge is 0.378 e. The SMILES string of the molecule is CC(C)(C)C(=O)N1CCC(C(=O)Nc2ccc(N3CCOCC3)cc2)CC1. The Morgan fingerprint density at radius 1 is 1.00 bits per heavy atom. The molecule has 3 rings (SSSR count). The Morgan fingerprint density at radius 3 is 2.15 bits per heavy atom. The average molecular weight is 373 g/mol. The van der Waals surface area contributed by atoms with Crippen LogP contribution in [0.1, 0.15) is 33.6 Å². The smallest absolute Gasteiger partial charge is 0.227 e. The van der Waals surface area contributed by atoms with E-state index in [1.807, 2.05) is 49.9 Å². The molecular weight excluding hydrogens is 342 g/mol. The van der Waals surface area contributed by atoms with Gasteiger partial charge in [0.2, 0.25) is 11.8 Å². The van der Waals surface area contributed by atoms with Gasteiger partial charge in [-0.2, -0.15) is 0 Å². The number of hydrogen-bond donors (Lipinski definition) is 1. The van der Waals surface area contributed by atoms with Gasteiger partial charge < -0.3 is 19.9 Å². The van der Waals surface area contributed by atoms with Crippen LogP contribution in [-0.2, 0) is 14.3 Å². The van der Waals surface area contributed by atoms with Crippen LogP contribution in [0.25, 0.3) is 0 Å². The highest BCUT2D eigenvalue weighted by Gasteiger charge is 2.32. The van der Waals surface area contributed by atoms with Crippen LogP contribution in [0.5, 0.6) is 0 Å². The van der Waals surface area contributed by atoms with Crippen molar-refractivity contribution >= 4 is 23.2 Å².